The van der Waals surface area contributed by atoms with Crippen LogP contribution in [0.25, 0.3) is 0 Å². The van der Waals surface area contributed by atoms with Crippen molar-refractivity contribution in [2.75, 3.05) is 20.0 Å². The van der Waals surface area contributed by atoms with Crippen molar-refractivity contribution < 1.29 is 23.4 Å². The second-order valence-electron chi connectivity index (χ2n) is 9.26. The van der Waals surface area contributed by atoms with Gasteiger partial charge >= 0.3 is 6.09 Å². The Morgan fingerprint density at radius 2 is 1.88 bits per heavy atom. The molecule has 7 heteroatoms. The van der Waals surface area contributed by atoms with E-state index in [4.69, 9.17) is 14.2 Å². The molecule has 0 spiro atoms. The van der Waals surface area contributed by atoms with E-state index in [9.17, 15) is 9.18 Å². The van der Waals surface area contributed by atoms with Crippen molar-refractivity contribution in [1.29, 1.82) is 0 Å². The van der Waals surface area contributed by atoms with Crippen LogP contribution in [0, 0.1) is 0 Å². The lowest BCUT2D eigenvalue weighted by Gasteiger charge is -2.37. The molecule has 0 bridgehead atoms. The quantitative estimate of drug-likeness (QED) is 0.346. The van der Waals surface area contributed by atoms with Gasteiger partial charge in [-0.1, -0.05) is 19.6 Å². The molecule has 1 aliphatic carbocycles. The summed E-state index contributed by atoms with van der Waals surface area (Å²) in [6, 6.07) is 0.657. The second-order valence-corrected chi connectivity index (χ2v) is 14.9. The summed E-state index contributed by atoms with van der Waals surface area (Å²) in [5, 5.41) is 2.74. The van der Waals surface area contributed by atoms with E-state index in [0.717, 1.165) is 12.5 Å². The molecule has 1 fully saturated rings. The topological polar surface area (TPSA) is 56.8 Å². The normalized spacial score (nSPS) is 18.4. The molecule has 1 N–H and O–H groups in total. The van der Waals surface area contributed by atoms with Gasteiger partial charge in [0, 0.05) is 21.1 Å². The number of hydrogen-bond acceptors (Lipinski definition) is 4. The number of nitrogens with one attached hydrogen (secondary N) is 1. The van der Waals surface area contributed by atoms with Gasteiger partial charge in [-0.15, -0.1) is 0 Å². The zero-order valence-electron chi connectivity index (χ0n) is 16.7. The van der Waals surface area contributed by atoms with Gasteiger partial charge in [0.2, 0.25) is 0 Å². The molecule has 1 atom stereocenters. The van der Waals surface area contributed by atoms with Crippen molar-refractivity contribution in [3.63, 3.8) is 0 Å². The van der Waals surface area contributed by atoms with Gasteiger partial charge in [0.25, 0.3) is 0 Å². The van der Waals surface area contributed by atoms with E-state index < -0.39 is 31.5 Å². The van der Waals surface area contributed by atoms with Crippen molar-refractivity contribution in [3.8, 4) is 0 Å². The van der Waals surface area contributed by atoms with Crippen LogP contribution in [0.2, 0.25) is 25.7 Å². The van der Waals surface area contributed by atoms with Crippen LogP contribution in [0.1, 0.15) is 46.5 Å². The Morgan fingerprint density at radius 1 is 1.24 bits per heavy atom. The van der Waals surface area contributed by atoms with E-state index in [1.54, 1.807) is 20.8 Å². The molecule has 0 aliphatic heterocycles. The molecule has 148 valence electrons. The van der Waals surface area contributed by atoms with Gasteiger partial charge in [0.15, 0.2) is 0 Å². The molecule has 0 unspecified atom stereocenters. The third kappa shape index (κ3) is 10.8. The Morgan fingerprint density at radius 3 is 2.36 bits per heavy atom. The van der Waals surface area contributed by atoms with Crippen LogP contribution < -0.4 is 5.32 Å². The summed E-state index contributed by atoms with van der Waals surface area (Å²) in [5.74, 6) is 0. The summed E-state index contributed by atoms with van der Waals surface area (Å²) in [4.78, 5) is 12.0. The van der Waals surface area contributed by atoms with E-state index in [-0.39, 0.29) is 19.8 Å². The molecule has 1 aliphatic rings. The Hall–Kier alpha value is -0.663. The van der Waals surface area contributed by atoms with Crippen molar-refractivity contribution in [2.45, 2.75) is 89.5 Å². The summed E-state index contributed by atoms with van der Waals surface area (Å²) >= 11 is 0. The number of hydrogen-bond donors (Lipinski definition) is 1. The van der Waals surface area contributed by atoms with Gasteiger partial charge in [0.05, 0.1) is 12.6 Å². The summed E-state index contributed by atoms with van der Waals surface area (Å²) in [5.41, 5.74) is -1.78. The number of carbonyl (C=O) groups is 1. The average Bonchev–Trinajstić information content (AvgIpc) is 2.37. The zero-order valence-corrected chi connectivity index (χ0v) is 17.7. The van der Waals surface area contributed by atoms with Gasteiger partial charge < -0.3 is 19.5 Å². The lowest BCUT2D eigenvalue weighted by atomic mass is 9.78. The SMILES string of the molecule is CC(C)(C)OC(=O)N[C@@H](COCOCC[Si](C)(C)C)CC1(F)CCC1. The third-order valence-corrected chi connectivity index (χ3v) is 5.77. The average molecular weight is 378 g/mol. The molecule has 0 radical (unpaired) electrons. The third-order valence-electron chi connectivity index (χ3n) is 4.06. The maximum absolute atomic E-state index is 14.4. The molecule has 1 saturated carbocycles. The predicted octanol–water partition coefficient (Wildman–Crippen LogP) is 4.49. The molecule has 0 heterocycles. The van der Waals surface area contributed by atoms with Crippen LogP contribution in [0.4, 0.5) is 9.18 Å². The van der Waals surface area contributed by atoms with E-state index in [2.05, 4.69) is 25.0 Å². The minimum absolute atomic E-state index is 0.163. The van der Waals surface area contributed by atoms with Crippen LogP contribution in [-0.4, -0.2) is 51.5 Å². The van der Waals surface area contributed by atoms with Crippen LogP contribution in [0.3, 0.4) is 0 Å². The summed E-state index contributed by atoms with van der Waals surface area (Å²) < 4.78 is 30.7. The minimum atomic E-state index is -1.19. The summed E-state index contributed by atoms with van der Waals surface area (Å²) in [7, 11) is -1.12. The van der Waals surface area contributed by atoms with Gasteiger partial charge in [-0.2, -0.15) is 0 Å². The van der Waals surface area contributed by atoms with E-state index >= 15 is 0 Å². The number of ether oxygens (including phenoxy) is 3. The Bertz CT molecular complexity index is 416. The first kappa shape index (κ1) is 22.4. The van der Waals surface area contributed by atoms with Crippen molar-refractivity contribution in [3.05, 3.63) is 0 Å². The maximum Gasteiger partial charge on any atom is 0.407 e. The Labute approximate surface area is 153 Å². The molecule has 25 heavy (non-hydrogen) atoms. The van der Waals surface area contributed by atoms with Crippen LogP contribution in [0.15, 0.2) is 0 Å². The first-order valence-electron chi connectivity index (χ1n) is 9.23. The van der Waals surface area contributed by atoms with E-state index in [0.29, 0.717) is 19.4 Å². The van der Waals surface area contributed by atoms with Gasteiger partial charge in [-0.3, -0.25) is 0 Å². The van der Waals surface area contributed by atoms with Gasteiger partial charge in [-0.25, -0.2) is 9.18 Å². The monoisotopic (exact) mass is 377 g/mol. The van der Waals surface area contributed by atoms with Crippen molar-refractivity contribution >= 4 is 14.2 Å². The van der Waals surface area contributed by atoms with Gasteiger partial charge in [0.1, 0.15) is 18.1 Å². The predicted molar refractivity (Wildman–Crippen MR) is 100 cm³/mol. The molecule has 0 aromatic carbocycles. The Kier molecular flexibility index (Phi) is 8.35. The number of alkyl carbamates (subject to hydrolysis) is 1. The highest BCUT2D eigenvalue weighted by atomic mass is 28.3. The first-order valence-corrected chi connectivity index (χ1v) is 12.9. The molecule has 5 nitrogen and oxygen atoms in total. The molecular formula is C18H36FNO4Si. The van der Waals surface area contributed by atoms with Gasteiger partial charge in [-0.05, 0) is 46.1 Å². The van der Waals surface area contributed by atoms with E-state index in [1.807, 2.05) is 0 Å². The number of carbonyl (C=O) groups excluding carboxylic acids is 1. The highest BCUT2D eigenvalue weighted by molar-refractivity contribution is 6.76. The number of alkyl halides is 1. The molecule has 0 saturated heterocycles. The molecular weight excluding hydrogens is 341 g/mol. The van der Waals surface area contributed by atoms with E-state index in [1.165, 1.54) is 0 Å². The fourth-order valence-electron chi connectivity index (χ4n) is 2.52. The molecule has 0 aromatic heterocycles. The number of rotatable bonds is 10. The van der Waals surface area contributed by atoms with Crippen LogP contribution in [-0.2, 0) is 14.2 Å². The number of halogens is 1. The second kappa shape index (κ2) is 9.32. The fraction of sp³-hybridized carbons (Fsp3) is 0.944. The molecule has 0 aromatic rings. The van der Waals surface area contributed by atoms with Crippen LogP contribution >= 0.6 is 0 Å². The molecule has 1 rings (SSSR count). The number of amides is 1. The van der Waals surface area contributed by atoms with Crippen molar-refractivity contribution in [1.82, 2.24) is 5.32 Å². The maximum atomic E-state index is 14.4. The Balaban J connectivity index is 2.36. The summed E-state index contributed by atoms with van der Waals surface area (Å²) in [6.07, 6.45) is 1.71. The fourth-order valence-corrected chi connectivity index (χ4v) is 3.28. The lowest BCUT2D eigenvalue weighted by molar-refractivity contribution is -0.0640. The minimum Gasteiger partial charge on any atom is -0.444 e. The highest BCUT2D eigenvalue weighted by Crippen LogP contribution is 2.39. The van der Waals surface area contributed by atoms with Crippen LogP contribution in [0.5, 0.6) is 0 Å². The zero-order chi connectivity index (χ0) is 19.1. The smallest absolute Gasteiger partial charge is 0.407 e. The highest BCUT2D eigenvalue weighted by Gasteiger charge is 2.39. The standard InChI is InChI=1S/C18H36FNO4Si/c1-17(2,3)24-16(21)20-15(12-18(19)8-7-9-18)13-23-14-22-10-11-25(4,5)6/h15H,7-14H2,1-6H3,(H,20,21)/t15-/m1/s1. The molecule has 1 amide bonds. The lowest BCUT2D eigenvalue weighted by Crippen LogP contribution is -2.47. The largest absolute Gasteiger partial charge is 0.444 e. The van der Waals surface area contributed by atoms with Crippen molar-refractivity contribution in [2.24, 2.45) is 0 Å². The first-order chi connectivity index (χ1) is 11.4. The summed E-state index contributed by atoms with van der Waals surface area (Å²) in [6.45, 7) is 13.3.